The lowest BCUT2D eigenvalue weighted by atomic mass is 10.0. The van der Waals surface area contributed by atoms with Gasteiger partial charge in [-0.1, -0.05) is 29.6 Å². The number of hydrogen-bond acceptors (Lipinski definition) is 2. The van der Waals surface area contributed by atoms with Crippen LogP contribution in [0.5, 0.6) is 0 Å². The standard InChI is InChI=1S/C16H23Cl2N3S/c1-11-5-3-4-8-21(11)12(2)10-19-16(22)20-15-7-6-13(17)9-14(15)18/h6-7,9,11-12H,3-5,8,10H2,1-2H3,(H2,19,20,22). The fourth-order valence-corrected chi connectivity index (χ4v) is 3.54. The van der Waals surface area contributed by atoms with E-state index < -0.39 is 0 Å². The van der Waals surface area contributed by atoms with E-state index in [1.807, 2.05) is 6.07 Å². The number of benzene rings is 1. The first kappa shape index (κ1) is 17.8. The van der Waals surface area contributed by atoms with Crippen LogP contribution in [0.2, 0.25) is 10.0 Å². The average Bonchev–Trinajstić information content (AvgIpc) is 2.48. The van der Waals surface area contributed by atoms with Gasteiger partial charge in [0.05, 0.1) is 10.7 Å². The van der Waals surface area contributed by atoms with Crippen LogP contribution >= 0.6 is 35.4 Å². The first-order chi connectivity index (χ1) is 10.5. The molecule has 122 valence electrons. The zero-order valence-electron chi connectivity index (χ0n) is 13.0. The van der Waals surface area contributed by atoms with Crippen LogP contribution in [0.4, 0.5) is 5.69 Å². The van der Waals surface area contributed by atoms with Crippen molar-refractivity contribution in [1.29, 1.82) is 0 Å². The van der Waals surface area contributed by atoms with Gasteiger partial charge < -0.3 is 10.6 Å². The molecule has 0 aliphatic carbocycles. The van der Waals surface area contributed by atoms with E-state index in [1.54, 1.807) is 12.1 Å². The van der Waals surface area contributed by atoms with E-state index in [-0.39, 0.29) is 0 Å². The SMILES string of the molecule is CC1CCCCN1C(C)CNC(=S)Nc1ccc(Cl)cc1Cl. The molecule has 6 heteroatoms. The fourth-order valence-electron chi connectivity index (χ4n) is 2.89. The van der Waals surface area contributed by atoms with Crippen molar-refractivity contribution in [3.63, 3.8) is 0 Å². The number of rotatable bonds is 4. The number of piperidine rings is 1. The van der Waals surface area contributed by atoms with Gasteiger partial charge in [-0.3, -0.25) is 4.90 Å². The second-order valence-electron chi connectivity index (χ2n) is 5.89. The number of halogens is 2. The molecule has 2 rings (SSSR count). The van der Waals surface area contributed by atoms with Gasteiger partial charge in [-0.2, -0.15) is 0 Å². The molecule has 2 atom stereocenters. The van der Waals surface area contributed by atoms with Crippen LogP contribution in [0.15, 0.2) is 18.2 Å². The summed E-state index contributed by atoms with van der Waals surface area (Å²) in [7, 11) is 0. The van der Waals surface area contributed by atoms with Crippen molar-refractivity contribution in [3.8, 4) is 0 Å². The highest BCUT2D eigenvalue weighted by molar-refractivity contribution is 7.80. The molecule has 1 aromatic rings. The summed E-state index contributed by atoms with van der Waals surface area (Å²) in [4.78, 5) is 2.55. The molecule has 22 heavy (non-hydrogen) atoms. The molecule has 0 bridgehead atoms. The zero-order chi connectivity index (χ0) is 16.1. The van der Waals surface area contributed by atoms with E-state index >= 15 is 0 Å². The van der Waals surface area contributed by atoms with Gasteiger partial charge >= 0.3 is 0 Å². The van der Waals surface area contributed by atoms with Gasteiger partial charge in [0.1, 0.15) is 0 Å². The molecule has 0 radical (unpaired) electrons. The Bertz CT molecular complexity index is 524. The number of likely N-dealkylation sites (tertiary alicyclic amines) is 1. The van der Waals surface area contributed by atoms with Crippen LogP contribution < -0.4 is 10.6 Å². The number of nitrogens with one attached hydrogen (secondary N) is 2. The van der Waals surface area contributed by atoms with E-state index in [2.05, 4.69) is 29.4 Å². The van der Waals surface area contributed by atoms with Crippen molar-refractivity contribution in [2.45, 2.75) is 45.2 Å². The summed E-state index contributed by atoms with van der Waals surface area (Å²) in [5.74, 6) is 0. The highest BCUT2D eigenvalue weighted by Gasteiger charge is 2.22. The summed E-state index contributed by atoms with van der Waals surface area (Å²) >= 11 is 17.4. The van der Waals surface area contributed by atoms with E-state index in [9.17, 15) is 0 Å². The quantitative estimate of drug-likeness (QED) is 0.771. The van der Waals surface area contributed by atoms with Gasteiger partial charge in [-0.25, -0.2) is 0 Å². The van der Waals surface area contributed by atoms with Gasteiger partial charge in [0.15, 0.2) is 5.11 Å². The van der Waals surface area contributed by atoms with Crippen molar-refractivity contribution in [1.82, 2.24) is 10.2 Å². The van der Waals surface area contributed by atoms with Crippen molar-refractivity contribution in [2.24, 2.45) is 0 Å². The van der Waals surface area contributed by atoms with E-state index in [0.717, 1.165) is 12.2 Å². The Morgan fingerprint density at radius 1 is 1.41 bits per heavy atom. The average molecular weight is 360 g/mol. The van der Waals surface area contributed by atoms with Gasteiger partial charge in [0, 0.05) is 23.7 Å². The maximum atomic E-state index is 6.13. The van der Waals surface area contributed by atoms with Gasteiger partial charge in [-0.05, 0) is 63.7 Å². The zero-order valence-corrected chi connectivity index (χ0v) is 15.4. The first-order valence-electron chi connectivity index (χ1n) is 7.73. The van der Waals surface area contributed by atoms with Gasteiger partial charge in [0.25, 0.3) is 0 Å². The molecule has 1 heterocycles. The third-order valence-corrected chi connectivity index (χ3v) is 4.95. The third-order valence-electron chi connectivity index (χ3n) is 4.16. The van der Waals surface area contributed by atoms with Crippen molar-refractivity contribution in [2.75, 3.05) is 18.4 Å². The normalized spacial score (nSPS) is 20.5. The van der Waals surface area contributed by atoms with Crippen LogP contribution in [-0.4, -0.2) is 35.2 Å². The van der Waals surface area contributed by atoms with Crippen LogP contribution in [0.3, 0.4) is 0 Å². The van der Waals surface area contributed by atoms with Crippen LogP contribution in [0.25, 0.3) is 0 Å². The molecular formula is C16H23Cl2N3S. The highest BCUT2D eigenvalue weighted by atomic mass is 35.5. The predicted octanol–water partition coefficient (Wildman–Crippen LogP) is 4.54. The maximum Gasteiger partial charge on any atom is 0.170 e. The largest absolute Gasteiger partial charge is 0.361 e. The summed E-state index contributed by atoms with van der Waals surface area (Å²) in [6, 6.07) is 6.42. The Labute approximate surface area is 148 Å². The second kappa shape index (κ2) is 8.34. The lowest BCUT2D eigenvalue weighted by Gasteiger charge is -2.38. The molecule has 2 unspecified atom stereocenters. The van der Waals surface area contributed by atoms with E-state index in [4.69, 9.17) is 35.4 Å². The Balaban J connectivity index is 1.82. The Morgan fingerprint density at radius 3 is 2.86 bits per heavy atom. The molecule has 1 saturated heterocycles. The molecular weight excluding hydrogens is 337 g/mol. The van der Waals surface area contributed by atoms with E-state index in [1.165, 1.54) is 25.8 Å². The number of nitrogens with zero attached hydrogens (tertiary/aromatic N) is 1. The molecule has 2 N–H and O–H groups in total. The van der Waals surface area contributed by atoms with Crippen molar-refractivity contribution < 1.29 is 0 Å². The lowest BCUT2D eigenvalue weighted by molar-refractivity contribution is 0.116. The maximum absolute atomic E-state index is 6.13. The highest BCUT2D eigenvalue weighted by Crippen LogP contribution is 2.25. The monoisotopic (exact) mass is 359 g/mol. The van der Waals surface area contributed by atoms with E-state index in [0.29, 0.717) is 27.2 Å². The van der Waals surface area contributed by atoms with Crippen LogP contribution in [-0.2, 0) is 0 Å². The molecule has 0 saturated carbocycles. The van der Waals surface area contributed by atoms with Crippen LogP contribution in [0, 0.1) is 0 Å². The van der Waals surface area contributed by atoms with Crippen molar-refractivity contribution in [3.05, 3.63) is 28.2 Å². The molecule has 1 fully saturated rings. The third kappa shape index (κ3) is 4.98. The molecule has 1 aliphatic heterocycles. The van der Waals surface area contributed by atoms with Crippen LogP contribution in [0.1, 0.15) is 33.1 Å². The summed E-state index contributed by atoms with van der Waals surface area (Å²) in [6.45, 7) is 6.54. The predicted molar refractivity (Wildman–Crippen MR) is 100 cm³/mol. The Morgan fingerprint density at radius 2 is 2.18 bits per heavy atom. The fraction of sp³-hybridized carbons (Fsp3) is 0.562. The smallest absolute Gasteiger partial charge is 0.170 e. The molecule has 1 aliphatic rings. The minimum atomic E-state index is 0.454. The molecule has 0 amide bonds. The minimum absolute atomic E-state index is 0.454. The summed E-state index contributed by atoms with van der Waals surface area (Å²) < 4.78 is 0. The minimum Gasteiger partial charge on any atom is -0.361 e. The second-order valence-corrected chi connectivity index (χ2v) is 7.14. The van der Waals surface area contributed by atoms with Gasteiger partial charge in [0.2, 0.25) is 0 Å². The number of hydrogen-bond donors (Lipinski definition) is 2. The molecule has 0 aromatic heterocycles. The topological polar surface area (TPSA) is 27.3 Å². The summed E-state index contributed by atoms with van der Waals surface area (Å²) in [6.07, 6.45) is 3.91. The lowest BCUT2D eigenvalue weighted by Crippen LogP contribution is -2.49. The first-order valence-corrected chi connectivity index (χ1v) is 8.89. The Kier molecular flexibility index (Phi) is 6.75. The summed E-state index contributed by atoms with van der Waals surface area (Å²) in [5, 5.41) is 8.16. The number of thiocarbonyl (C=S) groups is 1. The summed E-state index contributed by atoms with van der Waals surface area (Å²) in [5.41, 5.74) is 0.766. The Hall–Kier alpha value is -0.550. The molecule has 1 aromatic carbocycles. The molecule has 0 spiro atoms. The number of anilines is 1. The van der Waals surface area contributed by atoms with Gasteiger partial charge in [-0.15, -0.1) is 0 Å². The van der Waals surface area contributed by atoms with Crippen molar-refractivity contribution >= 4 is 46.2 Å². The molecule has 3 nitrogen and oxygen atoms in total.